The van der Waals surface area contributed by atoms with Gasteiger partial charge in [-0.3, -0.25) is 4.79 Å². The predicted molar refractivity (Wildman–Crippen MR) is 102 cm³/mol. The molecule has 0 fully saturated rings. The van der Waals surface area contributed by atoms with E-state index in [-0.39, 0.29) is 11.7 Å². The van der Waals surface area contributed by atoms with Crippen LogP contribution in [0.2, 0.25) is 0 Å². The fourth-order valence-electron chi connectivity index (χ4n) is 2.43. The van der Waals surface area contributed by atoms with Gasteiger partial charge < -0.3 is 14.8 Å². The first-order valence-corrected chi connectivity index (χ1v) is 8.73. The van der Waals surface area contributed by atoms with E-state index < -0.39 is 24.8 Å². The van der Waals surface area contributed by atoms with Gasteiger partial charge in [-0.2, -0.15) is 0 Å². The molecule has 0 aliphatic rings. The zero-order chi connectivity index (χ0) is 21.4. The third kappa shape index (κ3) is 7.69. The largest absolute Gasteiger partial charge is 0.573 e. The second-order valence-corrected chi connectivity index (χ2v) is 6.35. The molecule has 0 saturated carbocycles. The molecule has 154 valence electrons. The molecule has 0 aliphatic heterocycles. The predicted octanol–water partition coefficient (Wildman–Crippen LogP) is 4.90. The van der Waals surface area contributed by atoms with Gasteiger partial charge in [0.2, 0.25) is 0 Å². The Hall–Kier alpha value is -3.29. The molecule has 0 bridgehead atoms. The van der Waals surface area contributed by atoms with Crippen LogP contribution >= 0.6 is 0 Å². The second-order valence-electron chi connectivity index (χ2n) is 6.35. The molecular weight excluding hydrogens is 387 g/mol. The molecule has 29 heavy (non-hydrogen) atoms. The lowest BCUT2D eigenvalue weighted by Gasteiger charge is -2.13. The van der Waals surface area contributed by atoms with Crippen LogP contribution in [0.4, 0.5) is 18.9 Å². The Morgan fingerprint density at radius 1 is 1.07 bits per heavy atom. The first kappa shape index (κ1) is 22.0. The average Bonchev–Trinajstić information content (AvgIpc) is 2.65. The van der Waals surface area contributed by atoms with E-state index in [1.807, 2.05) is 26.0 Å². The number of para-hydroxylation sites is 1. The zero-order valence-electron chi connectivity index (χ0n) is 15.8. The van der Waals surface area contributed by atoms with E-state index >= 15 is 0 Å². The summed E-state index contributed by atoms with van der Waals surface area (Å²) in [4.78, 5) is 23.7. The van der Waals surface area contributed by atoms with E-state index in [1.165, 1.54) is 18.2 Å². The summed E-state index contributed by atoms with van der Waals surface area (Å²) >= 11 is 0. The van der Waals surface area contributed by atoms with Gasteiger partial charge in [-0.05, 0) is 41.3 Å². The number of hydrogen-bond donors (Lipinski definition) is 1. The third-order valence-corrected chi connectivity index (χ3v) is 3.73. The van der Waals surface area contributed by atoms with E-state index in [1.54, 1.807) is 12.1 Å². The standard InChI is InChI=1S/C21H20F3NO4/c1-14(2)17-5-3-4-6-18(17)25-19(26)13-28-20(27)12-9-15-7-10-16(11-8-15)29-21(22,23)24/h3-12,14H,13H2,1-2H3,(H,25,26)/b12-9+. The fraction of sp³-hybridized carbons (Fsp3) is 0.238. The SMILES string of the molecule is CC(C)c1ccccc1NC(=O)COC(=O)/C=C/c1ccc(OC(F)(F)F)cc1. The highest BCUT2D eigenvalue weighted by molar-refractivity contribution is 5.95. The van der Waals surface area contributed by atoms with Gasteiger partial charge in [-0.1, -0.05) is 44.2 Å². The molecule has 0 radical (unpaired) electrons. The van der Waals surface area contributed by atoms with Gasteiger partial charge in [0, 0.05) is 11.8 Å². The van der Waals surface area contributed by atoms with Crippen LogP contribution in [0.25, 0.3) is 6.08 Å². The maximum absolute atomic E-state index is 12.1. The van der Waals surface area contributed by atoms with Crippen molar-refractivity contribution < 1.29 is 32.2 Å². The minimum Gasteiger partial charge on any atom is -0.452 e. The van der Waals surface area contributed by atoms with Gasteiger partial charge in [0.1, 0.15) is 5.75 Å². The van der Waals surface area contributed by atoms with Crippen LogP contribution < -0.4 is 10.1 Å². The summed E-state index contributed by atoms with van der Waals surface area (Å²) in [5, 5.41) is 2.70. The lowest BCUT2D eigenvalue weighted by atomic mass is 10.0. The van der Waals surface area contributed by atoms with Gasteiger partial charge >= 0.3 is 12.3 Å². The molecule has 0 saturated heterocycles. The van der Waals surface area contributed by atoms with Crippen molar-refractivity contribution in [3.63, 3.8) is 0 Å². The van der Waals surface area contributed by atoms with Crippen molar-refractivity contribution in [2.45, 2.75) is 26.1 Å². The molecule has 0 unspecified atom stereocenters. The molecule has 8 heteroatoms. The maximum atomic E-state index is 12.1. The number of halogens is 3. The number of esters is 1. The molecule has 5 nitrogen and oxygen atoms in total. The summed E-state index contributed by atoms with van der Waals surface area (Å²) in [6.45, 7) is 3.53. The highest BCUT2D eigenvalue weighted by atomic mass is 19.4. The molecule has 0 spiro atoms. The molecule has 1 N–H and O–H groups in total. The van der Waals surface area contributed by atoms with Crippen molar-refractivity contribution in [2.24, 2.45) is 0 Å². The van der Waals surface area contributed by atoms with Crippen LogP contribution in [0, 0.1) is 0 Å². The number of nitrogens with one attached hydrogen (secondary N) is 1. The van der Waals surface area contributed by atoms with Crippen LogP contribution in [-0.2, 0) is 14.3 Å². The number of benzene rings is 2. The van der Waals surface area contributed by atoms with Gasteiger partial charge in [-0.15, -0.1) is 13.2 Å². The first-order valence-electron chi connectivity index (χ1n) is 8.73. The van der Waals surface area contributed by atoms with Gasteiger partial charge in [0.25, 0.3) is 5.91 Å². The van der Waals surface area contributed by atoms with Crippen molar-refractivity contribution in [1.29, 1.82) is 0 Å². The van der Waals surface area contributed by atoms with E-state index in [0.29, 0.717) is 11.3 Å². The number of hydrogen-bond acceptors (Lipinski definition) is 4. The molecular formula is C21H20F3NO4. The number of alkyl halides is 3. The minimum atomic E-state index is -4.77. The van der Waals surface area contributed by atoms with E-state index in [9.17, 15) is 22.8 Å². The Morgan fingerprint density at radius 2 is 1.72 bits per heavy atom. The lowest BCUT2D eigenvalue weighted by Crippen LogP contribution is -2.21. The number of carbonyl (C=O) groups excluding carboxylic acids is 2. The van der Waals surface area contributed by atoms with E-state index in [4.69, 9.17) is 4.74 Å². The van der Waals surface area contributed by atoms with E-state index in [0.717, 1.165) is 23.8 Å². The molecule has 0 aliphatic carbocycles. The van der Waals surface area contributed by atoms with Crippen molar-refractivity contribution >= 4 is 23.6 Å². The smallest absolute Gasteiger partial charge is 0.452 e. The summed E-state index contributed by atoms with van der Waals surface area (Å²) in [5.41, 5.74) is 2.08. The first-order chi connectivity index (χ1) is 13.6. The Bertz CT molecular complexity index is 874. The Morgan fingerprint density at radius 3 is 2.34 bits per heavy atom. The molecule has 1 amide bonds. The van der Waals surface area contributed by atoms with Gasteiger partial charge in [-0.25, -0.2) is 4.79 Å². The van der Waals surface area contributed by atoms with E-state index in [2.05, 4.69) is 10.1 Å². The Labute approximate surface area is 166 Å². The van der Waals surface area contributed by atoms with Crippen molar-refractivity contribution in [3.05, 3.63) is 65.7 Å². The van der Waals surface area contributed by atoms with Crippen LogP contribution in [0.1, 0.15) is 30.9 Å². The molecule has 0 atom stereocenters. The van der Waals surface area contributed by atoms with Gasteiger partial charge in [0.15, 0.2) is 6.61 Å². The van der Waals surface area contributed by atoms with Crippen molar-refractivity contribution in [2.75, 3.05) is 11.9 Å². The highest BCUT2D eigenvalue weighted by Crippen LogP contribution is 2.24. The quantitative estimate of drug-likeness (QED) is 0.524. The Kier molecular flexibility index (Phi) is 7.41. The van der Waals surface area contributed by atoms with Crippen LogP contribution in [0.5, 0.6) is 5.75 Å². The minimum absolute atomic E-state index is 0.213. The number of amides is 1. The van der Waals surface area contributed by atoms with Crippen LogP contribution in [0.3, 0.4) is 0 Å². The molecule has 0 heterocycles. The van der Waals surface area contributed by atoms with Crippen LogP contribution in [-0.4, -0.2) is 24.8 Å². The summed E-state index contributed by atoms with van der Waals surface area (Å²) in [6, 6.07) is 12.3. The zero-order valence-corrected chi connectivity index (χ0v) is 15.8. The summed E-state index contributed by atoms with van der Waals surface area (Å²) in [6.07, 6.45) is -2.34. The average molecular weight is 407 g/mol. The topological polar surface area (TPSA) is 64.6 Å². The van der Waals surface area contributed by atoms with Crippen LogP contribution in [0.15, 0.2) is 54.6 Å². The molecule has 0 aromatic heterocycles. The number of ether oxygens (including phenoxy) is 2. The lowest BCUT2D eigenvalue weighted by molar-refractivity contribution is -0.274. The number of anilines is 1. The monoisotopic (exact) mass is 407 g/mol. The molecule has 2 aromatic rings. The molecule has 2 aromatic carbocycles. The Balaban J connectivity index is 1.84. The maximum Gasteiger partial charge on any atom is 0.573 e. The summed E-state index contributed by atoms with van der Waals surface area (Å²) < 4.78 is 45.0. The van der Waals surface area contributed by atoms with Gasteiger partial charge in [0.05, 0.1) is 0 Å². The fourth-order valence-corrected chi connectivity index (χ4v) is 2.43. The summed E-state index contributed by atoms with van der Waals surface area (Å²) in [5.74, 6) is -1.39. The summed E-state index contributed by atoms with van der Waals surface area (Å²) in [7, 11) is 0. The normalized spacial score (nSPS) is 11.5. The molecule has 2 rings (SSSR count). The second kappa shape index (κ2) is 9.77. The highest BCUT2D eigenvalue weighted by Gasteiger charge is 2.30. The number of carbonyl (C=O) groups is 2. The van der Waals surface area contributed by atoms with Crippen molar-refractivity contribution in [1.82, 2.24) is 0 Å². The third-order valence-electron chi connectivity index (χ3n) is 3.73. The number of rotatable bonds is 7. The van der Waals surface area contributed by atoms with Crippen molar-refractivity contribution in [3.8, 4) is 5.75 Å².